The van der Waals surface area contributed by atoms with Crippen molar-refractivity contribution in [1.29, 1.82) is 0 Å². The van der Waals surface area contributed by atoms with E-state index in [4.69, 9.17) is 14.3 Å². The van der Waals surface area contributed by atoms with Gasteiger partial charge < -0.3 is 19.5 Å². The molecule has 1 aromatic heterocycles. The lowest BCUT2D eigenvalue weighted by molar-refractivity contribution is -0.0824. The standard InChI is InChI=1S/C22H39N5O2.HI/c1-6-23-21(24-15-18-8-7-13-28-20(18)22(3,4)5)27-11-9-26(10-12-27)16-19-14-17(2)29-25-19;/h14,18,20H,6-13,15-16H2,1-5H3,(H,23,24);1H. The third-order valence-electron chi connectivity index (χ3n) is 5.84. The third kappa shape index (κ3) is 7.09. The molecule has 1 aromatic rings. The molecule has 0 saturated carbocycles. The van der Waals surface area contributed by atoms with Crippen molar-refractivity contribution < 1.29 is 9.26 Å². The normalized spacial score (nSPS) is 23.9. The third-order valence-corrected chi connectivity index (χ3v) is 5.84. The summed E-state index contributed by atoms with van der Waals surface area (Å²) in [5.74, 6) is 2.41. The van der Waals surface area contributed by atoms with Gasteiger partial charge in [0.2, 0.25) is 0 Å². The lowest BCUT2D eigenvalue weighted by atomic mass is 9.78. The summed E-state index contributed by atoms with van der Waals surface area (Å²) in [6, 6.07) is 2.02. The van der Waals surface area contributed by atoms with Crippen LogP contribution in [0.3, 0.4) is 0 Å². The molecular formula is C22H40IN5O2. The summed E-state index contributed by atoms with van der Waals surface area (Å²) in [4.78, 5) is 9.87. The van der Waals surface area contributed by atoms with Crippen LogP contribution in [0, 0.1) is 18.3 Å². The van der Waals surface area contributed by atoms with E-state index in [-0.39, 0.29) is 35.5 Å². The second-order valence-electron chi connectivity index (χ2n) is 9.45. The van der Waals surface area contributed by atoms with Gasteiger partial charge in [-0.15, -0.1) is 24.0 Å². The average molecular weight is 533 g/mol. The van der Waals surface area contributed by atoms with Gasteiger partial charge in [0, 0.05) is 64.4 Å². The highest BCUT2D eigenvalue weighted by molar-refractivity contribution is 14.0. The first kappa shape index (κ1) is 25.4. The molecule has 3 rings (SSSR count). The van der Waals surface area contributed by atoms with Crippen molar-refractivity contribution in [2.24, 2.45) is 16.3 Å². The molecule has 172 valence electrons. The van der Waals surface area contributed by atoms with Crippen LogP contribution < -0.4 is 5.32 Å². The number of aryl methyl sites for hydroxylation is 1. The highest BCUT2D eigenvalue weighted by Crippen LogP contribution is 2.34. The van der Waals surface area contributed by atoms with Gasteiger partial charge in [-0.2, -0.15) is 0 Å². The monoisotopic (exact) mass is 533 g/mol. The Morgan fingerprint density at radius 2 is 2.00 bits per heavy atom. The molecule has 3 heterocycles. The fraction of sp³-hybridized carbons (Fsp3) is 0.818. The smallest absolute Gasteiger partial charge is 0.194 e. The van der Waals surface area contributed by atoms with Crippen LogP contribution in [-0.4, -0.2) is 72.9 Å². The Morgan fingerprint density at radius 1 is 1.27 bits per heavy atom. The summed E-state index contributed by atoms with van der Waals surface area (Å²) in [6.45, 7) is 18.3. The number of nitrogens with zero attached hydrogens (tertiary/aromatic N) is 4. The zero-order chi connectivity index (χ0) is 20.9. The molecule has 2 aliphatic rings. The summed E-state index contributed by atoms with van der Waals surface area (Å²) >= 11 is 0. The van der Waals surface area contributed by atoms with E-state index in [1.54, 1.807) is 0 Å². The van der Waals surface area contributed by atoms with Crippen molar-refractivity contribution in [2.45, 2.75) is 60.1 Å². The lowest BCUT2D eigenvalue weighted by Gasteiger charge is -2.40. The Balaban J connectivity index is 0.00000320. The van der Waals surface area contributed by atoms with E-state index < -0.39 is 0 Å². The zero-order valence-electron chi connectivity index (χ0n) is 19.3. The van der Waals surface area contributed by atoms with Crippen molar-refractivity contribution in [3.8, 4) is 0 Å². The molecule has 8 heteroatoms. The fourth-order valence-corrected chi connectivity index (χ4v) is 4.46. The van der Waals surface area contributed by atoms with Crippen LogP contribution in [0.25, 0.3) is 0 Å². The largest absolute Gasteiger partial charge is 0.377 e. The number of hydrogen-bond acceptors (Lipinski definition) is 5. The van der Waals surface area contributed by atoms with E-state index in [0.717, 1.165) is 76.3 Å². The van der Waals surface area contributed by atoms with Crippen molar-refractivity contribution in [1.82, 2.24) is 20.3 Å². The van der Waals surface area contributed by atoms with E-state index in [0.29, 0.717) is 5.92 Å². The van der Waals surface area contributed by atoms with Gasteiger partial charge in [0.25, 0.3) is 0 Å². The molecule has 7 nitrogen and oxygen atoms in total. The van der Waals surface area contributed by atoms with E-state index in [2.05, 4.69) is 48.0 Å². The number of aromatic nitrogens is 1. The first-order chi connectivity index (χ1) is 13.9. The van der Waals surface area contributed by atoms with Gasteiger partial charge in [-0.3, -0.25) is 9.89 Å². The molecule has 0 radical (unpaired) electrons. The number of nitrogens with one attached hydrogen (secondary N) is 1. The maximum Gasteiger partial charge on any atom is 0.194 e. The molecule has 0 amide bonds. The molecule has 0 aliphatic carbocycles. The van der Waals surface area contributed by atoms with E-state index in [9.17, 15) is 0 Å². The van der Waals surface area contributed by atoms with Gasteiger partial charge in [0.1, 0.15) is 5.76 Å². The Morgan fingerprint density at radius 3 is 2.60 bits per heavy atom. The predicted molar refractivity (Wildman–Crippen MR) is 131 cm³/mol. The summed E-state index contributed by atoms with van der Waals surface area (Å²) in [5.41, 5.74) is 1.17. The van der Waals surface area contributed by atoms with E-state index in [1.165, 1.54) is 6.42 Å². The Labute approximate surface area is 199 Å². The second-order valence-corrected chi connectivity index (χ2v) is 9.45. The van der Waals surface area contributed by atoms with Crippen LogP contribution in [0.4, 0.5) is 0 Å². The van der Waals surface area contributed by atoms with Crippen LogP contribution in [0.2, 0.25) is 0 Å². The van der Waals surface area contributed by atoms with E-state index >= 15 is 0 Å². The van der Waals surface area contributed by atoms with Gasteiger partial charge in [-0.05, 0) is 32.1 Å². The zero-order valence-corrected chi connectivity index (χ0v) is 21.6. The van der Waals surface area contributed by atoms with Crippen molar-refractivity contribution in [2.75, 3.05) is 45.9 Å². The minimum absolute atomic E-state index is 0. The molecule has 2 unspecified atom stereocenters. The molecular weight excluding hydrogens is 493 g/mol. The number of halogens is 1. The van der Waals surface area contributed by atoms with Crippen LogP contribution in [-0.2, 0) is 11.3 Å². The SMILES string of the molecule is CCNC(=NCC1CCCOC1C(C)(C)C)N1CCN(Cc2cc(C)on2)CC1.I. The van der Waals surface area contributed by atoms with Crippen LogP contribution in [0.1, 0.15) is 52.0 Å². The topological polar surface area (TPSA) is 66.1 Å². The average Bonchev–Trinajstić information content (AvgIpc) is 3.10. The van der Waals surface area contributed by atoms with Gasteiger partial charge in [-0.1, -0.05) is 25.9 Å². The molecule has 30 heavy (non-hydrogen) atoms. The predicted octanol–water partition coefficient (Wildman–Crippen LogP) is 3.53. The van der Waals surface area contributed by atoms with Gasteiger partial charge in [-0.25, -0.2) is 0 Å². The van der Waals surface area contributed by atoms with Gasteiger partial charge in [0.15, 0.2) is 5.96 Å². The lowest BCUT2D eigenvalue weighted by Crippen LogP contribution is -2.52. The highest BCUT2D eigenvalue weighted by Gasteiger charge is 2.35. The quantitative estimate of drug-likeness (QED) is 0.355. The molecule has 1 N–H and O–H groups in total. The van der Waals surface area contributed by atoms with E-state index in [1.807, 2.05) is 13.0 Å². The Hall–Kier alpha value is -0.870. The van der Waals surface area contributed by atoms with Crippen LogP contribution in [0.15, 0.2) is 15.6 Å². The summed E-state index contributed by atoms with van der Waals surface area (Å²) in [5, 5.41) is 7.63. The number of rotatable bonds is 5. The molecule has 2 aliphatic heterocycles. The van der Waals surface area contributed by atoms with Gasteiger partial charge >= 0.3 is 0 Å². The number of hydrogen-bond donors (Lipinski definition) is 1. The maximum absolute atomic E-state index is 6.14. The Kier molecular flexibility index (Phi) is 9.87. The number of piperazine rings is 1. The molecule has 0 bridgehead atoms. The first-order valence-corrected chi connectivity index (χ1v) is 11.2. The number of aliphatic imine (C=N–C) groups is 1. The maximum atomic E-state index is 6.14. The first-order valence-electron chi connectivity index (χ1n) is 11.2. The Bertz CT molecular complexity index is 665. The summed E-state index contributed by atoms with van der Waals surface area (Å²) < 4.78 is 11.3. The molecule has 0 spiro atoms. The van der Waals surface area contributed by atoms with Crippen LogP contribution in [0.5, 0.6) is 0 Å². The number of guanidine groups is 1. The van der Waals surface area contributed by atoms with Gasteiger partial charge in [0.05, 0.1) is 11.8 Å². The highest BCUT2D eigenvalue weighted by atomic mass is 127. The minimum atomic E-state index is 0. The van der Waals surface area contributed by atoms with Crippen molar-refractivity contribution in [3.63, 3.8) is 0 Å². The minimum Gasteiger partial charge on any atom is -0.377 e. The van der Waals surface area contributed by atoms with Crippen molar-refractivity contribution >= 4 is 29.9 Å². The van der Waals surface area contributed by atoms with Crippen molar-refractivity contribution in [3.05, 3.63) is 17.5 Å². The number of ether oxygens (including phenoxy) is 1. The fourth-order valence-electron chi connectivity index (χ4n) is 4.46. The molecule has 2 atom stereocenters. The second kappa shape index (κ2) is 11.7. The summed E-state index contributed by atoms with van der Waals surface area (Å²) in [7, 11) is 0. The summed E-state index contributed by atoms with van der Waals surface area (Å²) in [6.07, 6.45) is 2.63. The van der Waals surface area contributed by atoms with Crippen LogP contribution >= 0.6 is 24.0 Å². The molecule has 2 saturated heterocycles. The molecule has 0 aromatic carbocycles. The molecule has 2 fully saturated rings.